The van der Waals surface area contributed by atoms with Crippen LogP contribution in [-0.2, 0) is 16.0 Å². The van der Waals surface area contributed by atoms with Crippen molar-refractivity contribution in [3.63, 3.8) is 0 Å². The Balaban J connectivity index is 1.88. The fourth-order valence-corrected chi connectivity index (χ4v) is 3.28. The van der Waals surface area contributed by atoms with Gasteiger partial charge in [-0.05, 0) is 43.4 Å². The summed E-state index contributed by atoms with van der Waals surface area (Å²) in [5.74, 6) is -1.42. The van der Waals surface area contributed by atoms with Crippen molar-refractivity contribution in [1.29, 1.82) is 0 Å². The third-order valence-corrected chi connectivity index (χ3v) is 4.70. The smallest absolute Gasteiger partial charge is 0.306 e. The van der Waals surface area contributed by atoms with Crippen molar-refractivity contribution in [2.24, 2.45) is 11.8 Å². The lowest BCUT2D eigenvalue weighted by molar-refractivity contribution is -0.141. The molecule has 0 aromatic heterocycles. The fourth-order valence-electron chi connectivity index (χ4n) is 2.79. The van der Waals surface area contributed by atoms with Crippen LogP contribution < -0.4 is 5.32 Å². The molecule has 0 heterocycles. The molecule has 0 bridgehead atoms. The lowest BCUT2D eigenvalue weighted by Gasteiger charge is -2.17. The number of amides is 1. The first-order valence-electron chi connectivity index (χ1n) is 7.34. The van der Waals surface area contributed by atoms with Gasteiger partial charge in [0.15, 0.2) is 0 Å². The van der Waals surface area contributed by atoms with Crippen molar-refractivity contribution in [2.75, 3.05) is 0 Å². The standard InChI is InChI=1S/C16H19Cl2NO3/c1-9(6-10-2-4-12(17)8-14(10)18)15(20)19-13-5-3-11(7-13)16(21)22/h2,4,8-9,11,13H,3,5-7H2,1H3,(H,19,20)(H,21,22)/t9?,11-,13+/m0/s1. The monoisotopic (exact) mass is 343 g/mol. The summed E-state index contributed by atoms with van der Waals surface area (Å²) in [5.41, 5.74) is 0.878. The number of carbonyl (C=O) groups is 2. The zero-order valence-corrected chi connectivity index (χ0v) is 13.8. The molecular weight excluding hydrogens is 325 g/mol. The van der Waals surface area contributed by atoms with Crippen LogP contribution in [0.5, 0.6) is 0 Å². The number of aliphatic carboxylic acids is 1. The third-order valence-electron chi connectivity index (χ3n) is 4.12. The van der Waals surface area contributed by atoms with Gasteiger partial charge < -0.3 is 10.4 Å². The van der Waals surface area contributed by atoms with Crippen LogP contribution in [0.4, 0.5) is 0 Å². The molecule has 1 aromatic carbocycles. The van der Waals surface area contributed by atoms with E-state index in [4.69, 9.17) is 28.3 Å². The molecule has 6 heteroatoms. The second kappa shape index (κ2) is 7.34. The molecule has 1 fully saturated rings. The van der Waals surface area contributed by atoms with E-state index < -0.39 is 5.97 Å². The highest BCUT2D eigenvalue weighted by molar-refractivity contribution is 6.35. The van der Waals surface area contributed by atoms with Crippen LogP contribution in [0.3, 0.4) is 0 Å². The minimum Gasteiger partial charge on any atom is -0.481 e. The van der Waals surface area contributed by atoms with Gasteiger partial charge in [0.2, 0.25) is 5.91 Å². The van der Waals surface area contributed by atoms with Gasteiger partial charge in [-0.1, -0.05) is 36.2 Å². The van der Waals surface area contributed by atoms with Crippen molar-refractivity contribution in [3.05, 3.63) is 33.8 Å². The summed E-state index contributed by atoms with van der Waals surface area (Å²) in [6.45, 7) is 1.84. The van der Waals surface area contributed by atoms with Gasteiger partial charge in [0.05, 0.1) is 5.92 Å². The predicted octanol–water partition coefficient (Wildman–Crippen LogP) is 3.54. The summed E-state index contributed by atoms with van der Waals surface area (Å²) in [6, 6.07) is 5.20. The van der Waals surface area contributed by atoms with Crippen LogP contribution in [-0.4, -0.2) is 23.0 Å². The van der Waals surface area contributed by atoms with Gasteiger partial charge in [-0.25, -0.2) is 0 Å². The van der Waals surface area contributed by atoms with Gasteiger partial charge >= 0.3 is 5.97 Å². The Morgan fingerprint density at radius 3 is 2.68 bits per heavy atom. The topological polar surface area (TPSA) is 66.4 Å². The van der Waals surface area contributed by atoms with Gasteiger partial charge in [0.25, 0.3) is 0 Å². The Bertz CT molecular complexity index is 577. The van der Waals surface area contributed by atoms with E-state index in [1.807, 2.05) is 13.0 Å². The number of nitrogens with one attached hydrogen (secondary N) is 1. The molecular formula is C16H19Cl2NO3. The van der Waals surface area contributed by atoms with E-state index >= 15 is 0 Å². The van der Waals surface area contributed by atoms with Crippen LogP contribution in [0.15, 0.2) is 18.2 Å². The first-order valence-corrected chi connectivity index (χ1v) is 8.09. The average Bonchev–Trinajstić information content (AvgIpc) is 2.90. The van der Waals surface area contributed by atoms with Crippen molar-refractivity contribution in [3.8, 4) is 0 Å². The zero-order valence-electron chi connectivity index (χ0n) is 12.3. The molecule has 2 N–H and O–H groups in total. The number of rotatable bonds is 5. The number of carboxylic acid groups (broad SMARTS) is 1. The maximum atomic E-state index is 12.2. The Labute approximate surface area is 139 Å². The van der Waals surface area contributed by atoms with Crippen molar-refractivity contribution < 1.29 is 14.7 Å². The van der Waals surface area contributed by atoms with Crippen LogP contribution in [0.2, 0.25) is 10.0 Å². The minimum absolute atomic E-state index is 0.0447. The van der Waals surface area contributed by atoms with E-state index in [2.05, 4.69) is 5.32 Å². The molecule has 1 saturated carbocycles. The lowest BCUT2D eigenvalue weighted by atomic mass is 9.99. The van der Waals surface area contributed by atoms with Crippen molar-refractivity contribution >= 4 is 35.1 Å². The average molecular weight is 344 g/mol. The second-order valence-corrected chi connectivity index (χ2v) is 6.74. The minimum atomic E-state index is -0.780. The molecule has 0 saturated heterocycles. The SMILES string of the molecule is CC(Cc1ccc(Cl)cc1Cl)C(=O)N[C@@H]1CC[C@H](C(=O)O)C1. The highest BCUT2D eigenvalue weighted by Crippen LogP contribution is 2.27. The number of carbonyl (C=O) groups excluding carboxylic acids is 1. The number of hydrogen-bond acceptors (Lipinski definition) is 2. The van der Waals surface area contributed by atoms with Gasteiger partial charge in [0, 0.05) is 22.0 Å². The largest absolute Gasteiger partial charge is 0.481 e. The van der Waals surface area contributed by atoms with E-state index in [1.54, 1.807) is 12.1 Å². The maximum Gasteiger partial charge on any atom is 0.306 e. The first kappa shape index (κ1) is 17.1. The van der Waals surface area contributed by atoms with E-state index in [-0.39, 0.29) is 23.8 Å². The molecule has 22 heavy (non-hydrogen) atoms. The number of hydrogen-bond donors (Lipinski definition) is 2. The number of carboxylic acids is 1. The van der Waals surface area contributed by atoms with Crippen molar-refractivity contribution in [2.45, 2.75) is 38.6 Å². The summed E-state index contributed by atoms with van der Waals surface area (Å²) in [5, 5.41) is 13.0. The molecule has 3 atom stereocenters. The molecule has 1 aromatic rings. The van der Waals surface area contributed by atoms with Crippen LogP contribution in [0.25, 0.3) is 0 Å². The molecule has 0 aliphatic heterocycles. The summed E-state index contributed by atoms with van der Waals surface area (Å²) in [6.07, 6.45) is 2.38. The van der Waals surface area contributed by atoms with E-state index in [0.717, 1.165) is 12.0 Å². The van der Waals surface area contributed by atoms with Crippen LogP contribution in [0, 0.1) is 11.8 Å². The van der Waals surface area contributed by atoms with Crippen LogP contribution in [0.1, 0.15) is 31.7 Å². The van der Waals surface area contributed by atoms with Gasteiger partial charge in [-0.15, -0.1) is 0 Å². The first-order chi connectivity index (χ1) is 10.4. The molecule has 1 unspecified atom stereocenters. The molecule has 1 amide bonds. The molecule has 4 nitrogen and oxygen atoms in total. The Hall–Kier alpha value is -1.26. The number of benzene rings is 1. The third kappa shape index (κ3) is 4.37. The van der Waals surface area contributed by atoms with Crippen molar-refractivity contribution in [1.82, 2.24) is 5.32 Å². The van der Waals surface area contributed by atoms with E-state index in [1.165, 1.54) is 0 Å². The molecule has 120 valence electrons. The highest BCUT2D eigenvalue weighted by Gasteiger charge is 2.31. The van der Waals surface area contributed by atoms with Crippen LogP contribution >= 0.6 is 23.2 Å². The molecule has 0 radical (unpaired) electrons. The zero-order chi connectivity index (χ0) is 16.3. The quantitative estimate of drug-likeness (QED) is 0.859. The summed E-state index contributed by atoms with van der Waals surface area (Å²) in [4.78, 5) is 23.2. The molecule has 1 aliphatic carbocycles. The van der Waals surface area contributed by atoms with Gasteiger partial charge in [0.1, 0.15) is 0 Å². The Kier molecular flexibility index (Phi) is 5.70. The number of halogens is 2. The molecule has 2 rings (SSSR count). The maximum absolute atomic E-state index is 12.2. The summed E-state index contributed by atoms with van der Waals surface area (Å²) in [7, 11) is 0. The fraction of sp³-hybridized carbons (Fsp3) is 0.500. The second-order valence-electron chi connectivity index (χ2n) is 5.89. The molecule has 0 spiro atoms. The highest BCUT2D eigenvalue weighted by atomic mass is 35.5. The normalized spacial score (nSPS) is 22.3. The lowest BCUT2D eigenvalue weighted by Crippen LogP contribution is -2.37. The summed E-state index contributed by atoms with van der Waals surface area (Å²) < 4.78 is 0. The van der Waals surface area contributed by atoms with E-state index in [0.29, 0.717) is 29.3 Å². The van der Waals surface area contributed by atoms with E-state index in [9.17, 15) is 9.59 Å². The Morgan fingerprint density at radius 1 is 1.36 bits per heavy atom. The van der Waals surface area contributed by atoms with Gasteiger partial charge in [-0.2, -0.15) is 0 Å². The molecule has 1 aliphatic rings. The Morgan fingerprint density at radius 2 is 2.09 bits per heavy atom. The predicted molar refractivity (Wildman–Crippen MR) is 86.2 cm³/mol. The summed E-state index contributed by atoms with van der Waals surface area (Å²) >= 11 is 12.0. The van der Waals surface area contributed by atoms with Gasteiger partial charge in [-0.3, -0.25) is 9.59 Å².